The first-order chi connectivity index (χ1) is 7.15. The number of hydrogen-bond acceptors (Lipinski definition) is 1. The second-order valence-electron chi connectivity index (χ2n) is 4.51. The van der Waals surface area contributed by atoms with Crippen LogP contribution in [0.4, 0.5) is 0 Å². The molecule has 0 aromatic rings. The minimum atomic E-state index is -0.646. The van der Waals surface area contributed by atoms with Crippen LogP contribution >= 0.6 is 0 Å². The van der Waals surface area contributed by atoms with E-state index in [2.05, 4.69) is 24.3 Å². The first-order valence-electron chi connectivity index (χ1n) is 5.70. The van der Waals surface area contributed by atoms with Crippen molar-refractivity contribution in [3.63, 3.8) is 0 Å². The van der Waals surface area contributed by atoms with E-state index in [4.69, 9.17) is 5.11 Å². The Bertz CT molecular complexity index is 246. The van der Waals surface area contributed by atoms with Gasteiger partial charge in [-0.2, -0.15) is 0 Å². The Hall–Kier alpha value is -1.05. The average Bonchev–Trinajstić information content (AvgIpc) is 2.84. The van der Waals surface area contributed by atoms with Gasteiger partial charge in [-0.15, -0.1) is 0 Å². The molecule has 0 aromatic carbocycles. The molecule has 1 N–H and O–H groups in total. The summed E-state index contributed by atoms with van der Waals surface area (Å²) in [6.07, 6.45) is 15.7. The number of allylic oxidation sites excluding steroid dienone is 4. The summed E-state index contributed by atoms with van der Waals surface area (Å²) in [7, 11) is 0. The van der Waals surface area contributed by atoms with Crippen molar-refractivity contribution in [3.8, 4) is 0 Å². The van der Waals surface area contributed by atoms with Crippen molar-refractivity contribution >= 4 is 5.97 Å². The van der Waals surface area contributed by atoms with E-state index >= 15 is 0 Å². The molecule has 2 aliphatic rings. The molecule has 0 atom stereocenters. The number of carboxylic acids is 1. The average molecular weight is 208 g/mol. The summed E-state index contributed by atoms with van der Waals surface area (Å²) < 4.78 is 0. The summed E-state index contributed by atoms with van der Waals surface area (Å²) in [5.41, 5.74) is -0.333. The maximum atomic E-state index is 10.1. The molecule has 0 spiro atoms. The van der Waals surface area contributed by atoms with E-state index in [1.54, 1.807) is 6.92 Å². The zero-order valence-electron chi connectivity index (χ0n) is 9.41. The fourth-order valence-electron chi connectivity index (χ4n) is 1.28. The highest BCUT2D eigenvalue weighted by atomic mass is 16.4. The van der Waals surface area contributed by atoms with Crippen molar-refractivity contribution in [2.75, 3.05) is 0 Å². The van der Waals surface area contributed by atoms with Crippen LogP contribution in [-0.2, 0) is 4.79 Å². The highest BCUT2D eigenvalue weighted by Crippen LogP contribution is 2.44. The Morgan fingerprint density at radius 3 is 1.87 bits per heavy atom. The number of carbonyl (C=O) groups is 1. The second kappa shape index (κ2) is 5.74. The summed E-state index contributed by atoms with van der Waals surface area (Å²) in [6, 6.07) is 0. The van der Waals surface area contributed by atoms with Gasteiger partial charge in [-0.1, -0.05) is 24.3 Å². The van der Waals surface area contributed by atoms with Gasteiger partial charge in [-0.25, -0.2) is 0 Å². The summed E-state index contributed by atoms with van der Waals surface area (Å²) in [5.74, 6) is -0.646. The van der Waals surface area contributed by atoms with Crippen LogP contribution in [0.15, 0.2) is 24.3 Å². The fraction of sp³-hybridized carbons (Fsp3) is 0.615. The van der Waals surface area contributed by atoms with E-state index in [0.29, 0.717) is 0 Å². The van der Waals surface area contributed by atoms with Crippen molar-refractivity contribution in [2.24, 2.45) is 5.41 Å². The Labute approximate surface area is 91.7 Å². The highest BCUT2D eigenvalue weighted by Gasteiger charge is 2.44. The number of aliphatic carboxylic acids is 1. The van der Waals surface area contributed by atoms with Gasteiger partial charge in [-0.05, 0) is 45.4 Å². The van der Waals surface area contributed by atoms with Gasteiger partial charge in [0.25, 0.3) is 0 Å². The third-order valence-electron chi connectivity index (χ3n) is 2.89. The molecule has 2 aliphatic carbocycles. The van der Waals surface area contributed by atoms with Crippen LogP contribution in [0.25, 0.3) is 0 Å². The lowest BCUT2D eigenvalue weighted by atomic mass is 10.1. The smallest absolute Gasteiger partial charge is 0.309 e. The van der Waals surface area contributed by atoms with Gasteiger partial charge in [0.15, 0.2) is 0 Å². The Morgan fingerprint density at radius 1 is 1.13 bits per heavy atom. The van der Waals surface area contributed by atoms with E-state index in [1.165, 1.54) is 25.7 Å². The van der Waals surface area contributed by atoms with Gasteiger partial charge in [-0.3, -0.25) is 4.79 Å². The number of carboxylic acid groups (broad SMARTS) is 1. The third-order valence-corrected chi connectivity index (χ3v) is 2.89. The van der Waals surface area contributed by atoms with E-state index in [1.807, 2.05) is 0 Å². The van der Waals surface area contributed by atoms with E-state index in [9.17, 15) is 4.79 Å². The molecule has 84 valence electrons. The lowest BCUT2D eigenvalue weighted by Gasteiger charge is -1.94. The molecule has 0 heterocycles. The largest absolute Gasteiger partial charge is 0.481 e. The summed E-state index contributed by atoms with van der Waals surface area (Å²) >= 11 is 0. The van der Waals surface area contributed by atoms with Crippen molar-refractivity contribution < 1.29 is 9.90 Å². The van der Waals surface area contributed by atoms with Gasteiger partial charge in [0.2, 0.25) is 0 Å². The van der Waals surface area contributed by atoms with Crippen LogP contribution in [0, 0.1) is 5.41 Å². The van der Waals surface area contributed by atoms with Crippen LogP contribution in [0.1, 0.15) is 45.4 Å². The van der Waals surface area contributed by atoms with Gasteiger partial charge in [0, 0.05) is 0 Å². The first-order valence-corrected chi connectivity index (χ1v) is 5.70. The minimum Gasteiger partial charge on any atom is -0.481 e. The highest BCUT2D eigenvalue weighted by molar-refractivity contribution is 5.77. The normalized spacial score (nSPS) is 21.9. The zero-order valence-corrected chi connectivity index (χ0v) is 9.41. The topological polar surface area (TPSA) is 37.3 Å². The quantitative estimate of drug-likeness (QED) is 0.715. The molecule has 0 radical (unpaired) electrons. The van der Waals surface area contributed by atoms with Crippen LogP contribution in [-0.4, -0.2) is 11.1 Å². The second-order valence-corrected chi connectivity index (χ2v) is 4.51. The molecule has 15 heavy (non-hydrogen) atoms. The predicted molar refractivity (Wildman–Crippen MR) is 61.7 cm³/mol. The zero-order chi connectivity index (χ0) is 11.1. The molecule has 0 amide bonds. The lowest BCUT2D eigenvalue weighted by molar-refractivity contribution is -0.142. The maximum Gasteiger partial charge on any atom is 0.309 e. The molecule has 2 rings (SSSR count). The molecule has 1 saturated carbocycles. The van der Waals surface area contributed by atoms with Crippen LogP contribution in [0.2, 0.25) is 0 Å². The van der Waals surface area contributed by atoms with E-state index in [-0.39, 0.29) is 5.41 Å². The molecule has 0 saturated heterocycles. The summed E-state index contributed by atoms with van der Waals surface area (Å²) in [6.45, 7) is 1.77. The van der Waals surface area contributed by atoms with Crippen molar-refractivity contribution in [2.45, 2.75) is 45.4 Å². The van der Waals surface area contributed by atoms with Crippen LogP contribution in [0.3, 0.4) is 0 Å². The Balaban J connectivity index is 0.000000151. The van der Waals surface area contributed by atoms with Crippen LogP contribution < -0.4 is 0 Å². The SMILES string of the molecule is C1=CCCCCC=C1.CC1(C(=O)O)CC1. The molecule has 2 heteroatoms. The van der Waals surface area contributed by atoms with Gasteiger partial charge in [0.1, 0.15) is 0 Å². The molecule has 1 fully saturated rings. The van der Waals surface area contributed by atoms with E-state index in [0.717, 1.165) is 12.8 Å². The molecular formula is C13H20O2. The molecule has 0 aromatic heterocycles. The summed E-state index contributed by atoms with van der Waals surface area (Å²) in [5, 5.41) is 8.31. The van der Waals surface area contributed by atoms with Gasteiger partial charge >= 0.3 is 5.97 Å². The lowest BCUT2D eigenvalue weighted by Crippen LogP contribution is -2.08. The third kappa shape index (κ3) is 4.82. The van der Waals surface area contributed by atoms with Crippen molar-refractivity contribution in [1.29, 1.82) is 0 Å². The molecule has 0 bridgehead atoms. The van der Waals surface area contributed by atoms with Gasteiger partial charge < -0.3 is 5.11 Å². The van der Waals surface area contributed by atoms with Crippen molar-refractivity contribution in [1.82, 2.24) is 0 Å². The van der Waals surface area contributed by atoms with E-state index < -0.39 is 5.97 Å². The Kier molecular flexibility index (Phi) is 4.60. The van der Waals surface area contributed by atoms with Crippen LogP contribution in [0.5, 0.6) is 0 Å². The fourth-order valence-corrected chi connectivity index (χ4v) is 1.28. The number of hydrogen-bond donors (Lipinski definition) is 1. The first kappa shape index (κ1) is 12.0. The molecular weight excluding hydrogens is 188 g/mol. The molecule has 2 nitrogen and oxygen atoms in total. The molecule has 0 unspecified atom stereocenters. The maximum absolute atomic E-state index is 10.1. The Morgan fingerprint density at radius 2 is 1.60 bits per heavy atom. The standard InChI is InChI=1S/C8H12.C5H8O2/c1-2-4-6-8-7-5-3-1;1-5(2-3-5)4(6)7/h1-4H,5-8H2;2-3H2,1H3,(H,6,7). The monoisotopic (exact) mass is 208 g/mol. The summed E-state index contributed by atoms with van der Waals surface area (Å²) in [4.78, 5) is 10.1. The van der Waals surface area contributed by atoms with Gasteiger partial charge in [0.05, 0.1) is 5.41 Å². The molecule has 0 aliphatic heterocycles. The number of rotatable bonds is 1. The minimum absolute atomic E-state index is 0.333. The predicted octanol–water partition coefficient (Wildman–Crippen LogP) is 3.54. The van der Waals surface area contributed by atoms with Crippen molar-refractivity contribution in [3.05, 3.63) is 24.3 Å².